The lowest BCUT2D eigenvalue weighted by Gasteiger charge is -2.23. The molecular weight excluding hydrogens is 234 g/mol. The van der Waals surface area contributed by atoms with Gasteiger partial charge in [-0.05, 0) is 24.6 Å². The van der Waals surface area contributed by atoms with E-state index >= 15 is 0 Å². The van der Waals surface area contributed by atoms with E-state index in [1.807, 2.05) is 39.0 Å². The Labute approximate surface area is 108 Å². The quantitative estimate of drug-likeness (QED) is 0.819. The molecule has 94 valence electrons. The molecule has 0 aliphatic carbocycles. The van der Waals surface area contributed by atoms with Crippen molar-refractivity contribution in [3.05, 3.63) is 23.8 Å². The fourth-order valence-electron chi connectivity index (χ4n) is 1.22. The van der Waals surface area contributed by atoms with Gasteiger partial charge in [0.25, 0.3) is 0 Å². The Bertz CT molecular complexity index is 416. The van der Waals surface area contributed by atoms with Crippen molar-refractivity contribution in [2.75, 3.05) is 13.7 Å². The van der Waals surface area contributed by atoms with Crippen molar-refractivity contribution >= 4 is 17.2 Å². The Balaban J connectivity index is 2.79. The molecule has 1 aromatic carbocycles. The smallest absolute Gasteiger partial charge is 0.161 e. The number of rotatable bonds is 5. The summed E-state index contributed by atoms with van der Waals surface area (Å²) in [7, 11) is 1.63. The maximum atomic E-state index is 5.72. The van der Waals surface area contributed by atoms with Gasteiger partial charge in [-0.1, -0.05) is 32.1 Å². The molecule has 0 aromatic heterocycles. The molecular formula is C13H19NO2S. The maximum Gasteiger partial charge on any atom is 0.161 e. The standard InChI is InChI=1S/C13H19NO2S/c1-9-5-6-10(11(7-9)15-4)16-8-13(2,3)12(14)17/h5-7H,8H2,1-4H3,(H2,14,17). The van der Waals surface area contributed by atoms with E-state index in [4.69, 9.17) is 27.4 Å². The van der Waals surface area contributed by atoms with Gasteiger partial charge in [-0.2, -0.15) is 0 Å². The second-order valence-electron chi connectivity index (χ2n) is 4.69. The van der Waals surface area contributed by atoms with Crippen LogP contribution >= 0.6 is 12.2 Å². The summed E-state index contributed by atoms with van der Waals surface area (Å²) in [6.07, 6.45) is 0. The van der Waals surface area contributed by atoms with Crippen molar-refractivity contribution in [2.45, 2.75) is 20.8 Å². The summed E-state index contributed by atoms with van der Waals surface area (Å²) in [4.78, 5) is 0.448. The van der Waals surface area contributed by atoms with Crippen LogP contribution in [0.3, 0.4) is 0 Å². The zero-order valence-corrected chi connectivity index (χ0v) is 11.6. The van der Waals surface area contributed by atoms with Crippen molar-refractivity contribution in [1.82, 2.24) is 0 Å². The highest BCUT2D eigenvalue weighted by atomic mass is 32.1. The molecule has 0 saturated carbocycles. The normalized spacial score (nSPS) is 11.1. The summed E-state index contributed by atoms with van der Waals surface area (Å²) in [6, 6.07) is 5.80. The zero-order chi connectivity index (χ0) is 13.1. The fraction of sp³-hybridized carbons (Fsp3) is 0.462. The molecule has 4 heteroatoms. The van der Waals surface area contributed by atoms with Crippen LogP contribution in [0.4, 0.5) is 0 Å². The molecule has 1 rings (SSSR count). The van der Waals surface area contributed by atoms with Crippen molar-refractivity contribution in [3.8, 4) is 11.5 Å². The first-order chi connectivity index (χ1) is 7.86. The Kier molecular flexibility index (Phi) is 4.34. The molecule has 0 aliphatic rings. The van der Waals surface area contributed by atoms with Gasteiger partial charge in [-0.3, -0.25) is 0 Å². The van der Waals surface area contributed by atoms with Gasteiger partial charge >= 0.3 is 0 Å². The van der Waals surface area contributed by atoms with Crippen LogP contribution in [-0.2, 0) is 0 Å². The van der Waals surface area contributed by atoms with E-state index < -0.39 is 0 Å². The average molecular weight is 253 g/mol. The van der Waals surface area contributed by atoms with Gasteiger partial charge in [0.15, 0.2) is 11.5 Å². The predicted molar refractivity (Wildman–Crippen MR) is 73.8 cm³/mol. The molecule has 1 aromatic rings. The molecule has 0 bridgehead atoms. The van der Waals surface area contributed by atoms with E-state index in [1.54, 1.807) is 7.11 Å². The number of benzene rings is 1. The van der Waals surface area contributed by atoms with E-state index in [1.165, 1.54) is 0 Å². The number of hydrogen-bond donors (Lipinski definition) is 1. The number of nitrogens with two attached hydrogens (primary N) is 1. The maximum absolute atomic E-state index is 5.72. The van der Waals surface area contributed by atoms with E-state index in [9.17, 15) is 0 Å². The van der Waals surface area contributed by atoms with Crippen molar-refractivity contribution in [2.24, 2.45) is 11.1 Å². The highest BCUT2D eigenvalue weighted by Crippen LogP contribution is 2.29. The van der Waals surface area contributed by atoms with Crippen LogP contribution in [-0.4, -0.2) is 18.7 Å². The molecule has 0 radical (unpaired) electrons. The van der Waals surface area contributed by atoms with Gasteiger partial charge < -0.3 is 15.2 Å². The van der Waals surface area contributed by atoms with Gasteiger partial charge in [-0.15, -0.1) is 0 Å². The number of thiocarbonyl (C=S) groups is 1. The number of methoxy groups -OCH3 is 1. The van der Waals surface area contributed by atoms with Crippen LogP contribution in [0, 0.1) is 12.3 Å². The Morgan fingerprint density at radius 1 is 1.35 bits per heavy atom. The lowest BCUT2D eigenvalue weighted by Crippen LogP contribution is -2.35. The summed E-state index contributed by atoms with van der Waals surface area (Å²) >= 11 is 5.00. The van der Waals surface area contributed by atoms with Crippen LogP contribution in [0.1, 0.15) is 19.4 Å². The van der Waals surface area contributed by atoms with E-state index in [0.29, 0.717) is 17.3 Å². The second-order valence-corrected chi connectivity index (χ2v) is 5.13. The third kappa shape index (κ3) is 3.60. The minimum absolute atomic E-state index is 0.328. The molecule has 0 unspecified atom stereocenters. The first-order valence-electron chi connectivity index (χ1n) is 5.44. The topological polar surface area (TPSA) is 44.5 Å². The van der Waals surface area contributed by atoms with E-state index in [-0.39, 0.29) is 5.41 Å². The largest absolute Gasteiger partial charge is 0.493 e. The monoisotopic (exact) mass is 253 g/mol. The minimum atomic E-state index is -0.328. The Morgan fingerprint density at radius 2 is 2.00 bits per heavy atom. The number of aryl methyl sites for hydroxylation is 1. The molecule has 0 atom stereocenters. The number of ether oxygens (including phenoxy) is 2. The lowest BCUT2D eigenvalue weighted by atomic mass is 9.95. The van der Waals surface area contributed by atoms with Gasteiger partial charge in [0, 0.05) is 5.41 Å². The van der Waals surface area contributed by atoms with E-state index in [2.05, 4.69) is 0 Å². The molecule has 0 spiro atoms. The Morgan fingerprint density at radius 3 is 2.53 bits per heavy atom. The molecule has 3 nitrogen and oxygen atoms in total. The molecule has 17 heavy (non-hydrogen) atoms. The second kappa shape index (κ2) is 5.36. The first kappa shape index (κ1) is 13.8. The highest BCUT2D eigenvalue weighted by Gasteiger charge is 2.23. The fourth-order valence-corrected chi connectivity index (χ4v) is 1.28. The van der Waals surface area contributed by atoms with Crippen LogP contribution in [0.2, 0.25) is 0 Å². The molecule has 0 aliphatic heterocycles. The van der Waals surface area contributed by atoms with Crippen LogP contribution in [0.5, 0.6) is 11.5 Å². The van der Waals surface area contributed by atoms with Gasteiger partial charge in [0.1, 0.15) is 0 Å². The Hall–Kier alpha value is -1.29. The molecule has 0 saturated heterocycles. The molecule has 2 N–H and O–H groups in total. The summed E-state index contributed by atoms with van der Waals surface area (Å²) in [6.45, 7) is 6.35. The first-order valence-corrected chi connectivity index (χ1v) is 5.85. The summed E-state index contributed by atoms with van der Waals surface area (Å²) in [5.74, 6) is 1.44. The number of hydrogen-bond acceptors (Lipinski definition) is 3. The SMILES string of the molecule is COc1cc(C)ccc1OCC(C)(C)C(N)=S. The third-order valence-corrected chi connectivity index (χ3v) is 3.13. The lowest BCUT2D eigenvalue weighted by molar-refractivity contribution is 0.226. The van der Waals surface area contributed by atoms with Crippen LogP contribution in [0.25, 0.3) is 0 Å². The predicted octanol–water partition coefficient (Wildman–Crippen LogP) is 2.69. The highest BCUT2D eigenvalue weighted by molar-refractivity contribution is 7.80. The third-order valence-electron chi connectivity index (χ3n) is 2.57. The molecule has 0 heterocycles. The van der Waals surface area contributed by atoms with Crippen molar-refractivity contribution < 1.29 is 9.47 Å². The van der Waals surface area contributed by atoms with E-state index in [0.717, 1.165) is 11.3 Å². The summed E-state index contributed by atoms with van der Waals surface area (Å²) in [5, 5.41) is 0. The summed E-state index contributed by atoms with van der Waals surface area (Å²) in [5.41, 5.74) is 6.45. The zero-order valence-electron chi connectivity index (χ0n) is 10.7. The van der Waals surface area contributed by atoms with Gasteiger partial charge in [0.05, 0.1) is 18.7 Å². The van der Waals surface area contributed by atoms with Crippen molar-refractivity contribution in [1.29, 1.82) is 0 Å². The summed E-state index contributed by atoms with van der Waals surface area (Å²) < 4.78 is 11.0. The van der Waals surface area contributed by atoms with Crippen LogP contribution < -0.4 is 15.2 Å². The average Bonchev–Trinajstić information content (AvgIpc) is 2.27. The van der Waals surface area contributed by atoms with Gasteiger partial charge in [0.2, 0.25) is 0 Å². The molecule has 0 amide bonds. The van der Waals surface area contributed by atoms with Gasteiger partial charge in [-0.25, -0.2) is 0 Å². The van der Waals surface area contributed by atoms with Crippen molar-refractivity contribution in [3.63, 3.8) is 0 Å². The molecule has 0 fully saturated rings. The van der Waals surface area contributed by atoms with Crippen LogP contribution in [0.15, 0.2) is 18.2 Å². The minimum Gasteiger partial charge on any atom is -0.493 e.